The SMILES string of the molecule is NC1CCN([C@H](c2ccc3nnc(-c4ccc5ccc(F)c(C6CC6)c5n4)n3c2)C(F)(F)F)C1. The normalized spacial score (nSPS) is 20.4. The molecule has 0 bridgehead atoms. The number of fused-ring (bicyclic) bond motifs is 2. The molecule has 4 heterocycles. The Bertz CT molecular complexity index is 1390. The molecule has 6 nitrogen and oxygen atoms in total. The summed E-state index contributed by atoms with van der Waals surface area (Å²) < 4.78 is 58.4. The second kappa shape index (κ2) is 7.71. The Morgan fingerprint density at radius 1 is 1.00 bits per heavy atom. The fourth-order valence-corrected chi connectivity index (χ4v) is 4.97. The largest absolute Gasteiger partial charge is 0.408 e. The third-order valence-corrected chi connectivity index (χ3v) is 6.74. The van der Waals surface area contributed by atoms with Crippen molar-refractivity contribution in [3.63, 3.8) is 0 Å². The fourth-order valence-electron chi connectivity index (χ4n) is 4.97. The maximum atomic E-state index is 14.6. The van der Waals surface area contributed by atoms with Gasteiger partial charge in [-0.15, -0.1) is 10.2 Å². The van der Waals surface area contributed by atoms with Crippen LogP contribution in [-0.4, -0.2) is 49.8 Å². The highest BCUT2D eigenvalue weighted by Gasteiger charge is 2.46. The molecule has 0 radical (unpaired) electrons. The van der Waals surface area contributed by atoms with Crippen LogP contribution in [0.3, 0.4) is 0 Å². The minimum atomic E-state index is -4.47. The maximum absolute atomic E-state index is 14.6. The Balaban J connectivity index is 1.47. The lowest BCUT2D eigenvalue weighted by atomic mass is 10.0. The zero-order chi connectivity index (χ0) is 23.6. The smallest absolute Gasteiger partial charge is 0.326 e. The topological polar surface area (TPSA) is 72.3 Å². The molecule has 1 aromatic carbocycles. The highest BCUT2D eigenvalue weighted by Crippen LogP contribution is 2.44. The molecule has 6 rings (SSSR count). The van der Waals surface area contributed by atoms with Crippen LogP contribution < -0.4 is 5.73 Å². The summed E-state index contributed by atoms with van der Waals surface area (Å²) in [5, 5.41) is 9.13. The van der Waals surface area contributed by atoms with Crippen LogP contribution >= 0.6 is 0 Å². The van der Waals surface area contributed by atoms with E-state index in [0.29, 0.717) is 34.7 Å². The van der Waals surface area contributed by atoms with Gasteiger partial charge < -0.3 is 5.73 Å². The predicted molar refractivity (Wildman–Crippen MR) is 119 cm³/mol. The van der Waals surface area contributed by atoms with Gasteiger partial charge in [-0.2, -0.15) is 13.2 Å². The van der Waals surface area contributed by atoms with Crippen molar-refractivity contribution in [3.05, 3.63) is 59.5 Å². The van der Waals surface area contributed by atoms with Crippen molar-refractivity contribution in [3.8, 4) is 11.5 Å². The van der Waals surface area contributed by atoms with E-state index in [4.69, 9.17) is 5.73 Å². The highest BCUT2D eigenvalue weighted by atomic mass is 19.4. The van der Waals surface area contributed by atoms with E-state index in [1.807, 2.05) is 6.07 Å². The lowest BCUT2D eigenvalue weighted by Crippen LogP contribution is -2.38. The lowest BCUT2D eigenvalue weighted by Gasteiger charge is -2.30. The average molecular weight is 470 g/mol. The van der Waals surface area contributed by atoms with Crippen LogP contribution in [0, 0.1) is 5.82 Å². The van der Waals surface area contributed by atoms with Gasteiger partial charge in [0.2, 0.25) is 0 Å². The van der Waals surface area contributed by atoms with Crippen LogP contribution in [0.25, 0.3) is 28.1 Å². The van der Waals surface area contributed by atoms with E-state index in [-0.39, 0.29) is 36.4 Å². The molecule has 0 spiro atoms. The summed E-state index contributed by atoms with van der Waals surface area (Å²) in [5.74, 6) is 0.168. The summed E-state index contributed by atoms with van der Waals surface area (Å²) in [7, 11) is 0. The van der Waals surface area contributed by atoms with Gasteiger partial charge in [-0.3, -0.25) is 9.30 Å². The van der Waals surface area contributed by atoms with Crippen molar-refractivity contribution >= 4 is 16.6 Å². The van der Waals surface area contributed by atoms with E-state index in [2.05, 4.69) is 15.2 Å². The molecule has 1 saturated heterocycles. The number of alkyl halides is 3. The summed E-state index contributed by atoms with van der Waals surface area (Å²) in [6, 6.07) is 7.61. The molecule has 2 aliphatic rings. The standard InChI is InChI=1S/C24H22F4N6/c25-17-6-3-14-4-7-18(30-21(14)20(17)13-1-2-13)23-32-31-19-8-5-15(11-34(19)23)22(24(26,27)28)33-10-9-16(29)12-33/h3-8,11,13,16,22H,1-2,9-10,12,29H2/t16?,22-/m1/s1. The Morgan fingerprint density at radius 3 is 2.50 bits per heavy atom. The van der Waals surface area contributed by atoms with Crippen molar-refractivity contribution in [1.29, 1.82) is 0 Å². The van der Waals surface area contributed by atoms with E-state index >= 15 is 0 Å². The minimum Gasteiger partial charge on any atom is -0.326 e. The lowest BCUT2D eigenvalue weighted by molar-refractivity contribution is -0.183. The molecular weight excluding hydrogens is 448 g/mol. The number of nitrogens with zero attached hydrogens (tertiary/aromatic N) is 5. The van der Waals surface area contributed by atoms with Gasteiger partial charge in [-0.1, -0.05) is 12.1 Å². The first-order valence-electron chi connectivity index (χ1n) is 11.3. The Morgan fingerprint density at radius 2 is 1.79 bits per heavy atom. The number of likely N-dealkylation sites (tertiary alicyclic amines) is 1. The summed E-state index contributed by atoms with van der Waals surface area (Å²) >= 11 is 0. The number of pyridine rings is 2. The molecule has 1 aliphatic carbocycles. The van der Waals surface area contributed by atoms with Crippen LogP contribution in [0.5, 0.6) is 0 Å². The average Bonchev–Trinajstić information content (AvgIpc) is 3.40. The van der Waals surface area contributed by atoms with Crippen LogP contribution in [0.2, 0.25) is 0 Å². The third-order valence-electron chi connectivity index (χ3n) is 6.74. The Kier molecular flexibility index (Phi) is 4.86. The van der Waals surface area contributed by atoms with Gasteiger partial charge in [0.1, 0.15) is 17.6 Å². The second-order valence-electron chi connectivity index (χ2n) is 9.21. The molecule has 2 fully saturated rings. The second-order valence-corrected chi connectivity index (χ2v) is 9.21. The van der Waals surface area contributed by atoms with Crippen LogP contribution in [0.4, 0.5) is 17.6 Å². The van der Waals surface area contributed by atoms with E-state index in [1.54, 1.807) is 12.1 Å². The van der Waals surface area contributed by atoms with Crippen molar-refractivity contribution in [1.82, 2.24) is 24.5 Å². The van der Waals surface area contributed by atoms with Gasteiger partial charge in [0.05, 0.1) is 5.52 Å². The van der Waals surface area contributed by atoms with E-state index < -0.39 is 12.2 Å². The van der Waals surface area contributed by atoms with Crippen molar-refractivity contribution in [2.24, 2.45) is 5.73 Å². The number of halogens is 4. The van der Waals surface area contributed by atoms with Crippen LogP contribution in [0.1, 0.15) is 42.3 Å². The Labute approximate surface area is 192 Å². The quantitative estimate of drug-likeness (QED) is 0.442. The van der Waals surface area contributed by atoms with Crippen LogP contribution in [0.15, 0.2) is 42.6 Å². The van der Waals surface area contributed by atoms with E-state index in [0.717, 1.165) is 18.2 Å². The van der Waals surface area contributed by atoms with E-state index in [9.17, 15) is 17.6 Å². The molecule has 3 aromatic heterocycles. The minimum absolute atomic E-state index is 0.0839. The Hall–Kier alpha value is -3.11. The molecule has 1 unspecified atom stereocenters. The highest BCUT2D eigenvalue weighted by molar-refractivity contribution is 5.85. The van der Waals surface area contributed by atoms with Crippen LogP contribution in [-0.2, 0) is 0 Å². The molecule has 2 atom stereocenters. The van der Waals surface area contributed by atoms with Crippen molar-refractivity contribution < 1.29 is 17.6 Å². The number of benzene rings is 1. The van der Waals surface area contributed by atoms with Gasteiger partial charge >= 0.3 is 6.18 Å². The number of aromatic nitrogens is 4. The molecule has 4 aromatic rings. The number of hydrogen-bond acceptors (Lipinski definition) is 5. The third kappa shape index (κ3) is 3.61. The zero-order valence-corrected chi connectivity index (χ0v) is 18.1. The van der Waals surface area contributed by atoms with Gasteiger partial charge in [-0.05, 0) is 55.0 Å². The monoisotopic (exact) mass is 470 g/mol. The molecule has 2 N–H and O–H groups in total. The molecule has 10 heteroatoms. The summed E-state index contributed by atoms with van der Waals surface area (Å²) in [5.41, 5.74) is 7.95. The van der Waals surface area contributed by atoms with Gasteiger partial charge in [0.25, 0.3) is 0 Å². The van der Waals surface area contributed by atoms with Gasteiger partial charge in [0.15, 0.2) is 11.5 Å². The maximum Gasteiger partial charge on any atom is 0.408 e. The van der Waals surface area contributed by atoms with Crippen molar-refractivity contribution in [2.75, 3.05) is 13.1 Å². The fraction of sp³-hybridized carbons (Fsp3) is 0.375. The zero-order valence-electron chi connectivity index (χ0n) is 18.1. The number of nitrogens with two attached hydrogens (primary N) is 1. The molecule has 176 valence electrons. The van der Waals surface area contributed by atoms with E-state index in [1.165, 1.54) is 33.7 Å². The summed E-state index contributed by atoms with van der Waals surface area (Å²) in [4.78, 5) is 6.06. The summed E-state index contributed by atoms with van der Waals surface area (Å²) in [6.07, 6.45) is -0.695. The number of rotatable bonds is 4. The first-order chi connectivity index (χ1) is 16.3. The predicted octanol–water partition coefficient (Wildman–Crippen LogP) is 4.60. The van der Waals surface area contributed by atoms with Crippen molar-refractivity contribution in [2.45, 2.75) is 43.4 Å². The molecule has 0 amide bonds. The summed E-state index contributed by atoms with van der Waals surface area (Å²) in [6.45, 7) is 0.457. The van der Waals surface area contributed by atoms with Gasteiger partial charge in [-0.25, -0.2) is 9.37 Å². The molecule has 1 saturated carbocycles. The molecular formula is C24H22F4N6. The van der Waals surface area contributed by atoms with Gasteiger partial charge in [0, 0.05) is 36.3 Å². The molecule has 1 aliphatic heterocycles. The first-order valence-corrected chi connectivity index (χ1v) is 11.3. The molecule has 34 heavy (non-hydrogen) atoms. The first kappa shape index (κ1) is 21.4. The number of hydrogen-bond donors (Lipinski definition) is 1.